The van der Waals surface area contributed by atoms with Gasteiger partial charge in [-0.3, -0.25) is 4.79 Å². The molecule has 2 N–H and O–H groups in total. The number of carboxylic acids is 1. The number of aliphatic carboxylic acids is 1. The highest BCUT2D eigenvalue weighted by Crippen LogP contribution is 2.15. The van der Waals surface area contributed by atoms with Crippen LogP contribution in [0.25, 0.3) is 0 Å². The lowest BCUT2D eigenvalue weighted by molar-refractivity contribution is -0.137. The fourth-order valence-corrected chi connectivity index (χ4v) is 1.47. The molecule has 0 aliphatic heterocycles. The van der Waals surface area contributed by atoms with E-state index in [9.17, 15) is 18.4 Å². The van der Waals surface area contributed by atoms with Crippen molar-refractivity contribution in [1.82, 2.24) is 4.90 Å². The lowest BCUT2D eigenvalue weighted by Crippen LogP contribution is -2.39. The normalized spacial score (nSPS) is 10.1. The predicted octanol–water partition coefficient (Wildman–Crippen LogP) is 2.29. The first-order valence-electron chi connectivity index (χ1n) is 5.66. The maximum Gasteiger partial charge on any atom is 0.323 e. The van der Waals surface area contributed by atoms with Crippen LogP contribution in [0.1, 0.15) is 13.3 Å². The van der Waals surface area contributed by atoms with E-state index < -0.39 is 30.2 Å². The maximum atomic E-state index is 13.3. The molecule has 1 aromatic rings. The van der Waals surface area contributed by atoms with Gasteiger partial charge in [0.1, 0.15) is 18.2 Å². The summed E-state index contributed by atoms with van der Waals surface area (Å²) in [5.74, 6) is -2.66. The van der Waals surface area contributed by atoms with Crippen molar-refractivity contribution >= 4 is 17.7 Å². The minimum absolute atomic E-state index is 0.203. The summed E-state index contributed by atoms with van der Waals surface area (Å²) in [5.41, 5.74) is -0.323. The van der Waals surface area contributed by atoms with Crippen LogP contribution in [-0.4, -0.2) is 35.1 Å². The predicted molar refractivity (Wildman–Crippen MR) is 64.9 cm³/mol. The monoisotopic (exact) mass is 272 g/mol. The van der Waals surface area contributed by atoms with E-state index in [1.54, 1.807) is 6.92 Å². The molecule has 104 valence electrons. The maximum absolute atomic E-state index is 13.3. The third-order valence-corrected chi connectivity index (χ3v) is 2.28. The Morgan fingerprint density at radius 2 is 2.05 bits per heavy atom. The molecule has 0 fully saturated rings. The summed E-state index contributed by atoms with van der Waals surface area (Å²) >= 11 is 0. The first-order valence-corrected chi connectivity index (χ1v) is 5.66. The molecule has 0 atom stereocenters. The van der Waals surface area contributed by atoms with Gasteiger partial charge >= 0.3 is 12.0 Å². The van der Waals surface area contributed by atoms with Crippen LogP contribution >= 0.6 is 0 Å². The molecule has 0 saturated carbocycles. The molecule has 0 saturated heterocycles. The van der Waals surface area contributed by atoms with Gasteiger partial charge in [0.2, 0.25) is 0 Å². The molecular weight excluding hydrogens is 258 g/mol. The number of amides is 2. The highest BCUT2D eigenvalue weighted by molar-refractivity contribution is 5.91. The molecule has 19 heavy (non-hydrogen) atoms. The quantitative estimate of drug-likeness (QED) is 0.864. The molecule has 0 aliphatic rings. The van der Waals surface area contributed by atoms with Gasteiger partial charge in [-0.2, -0.15) is 0 Å². The molecule has 7 heteroatoms. The van der Waals surface area contributed by atoms with Crippen LogP contribution in [0.4, 0.5) is 19.3 Å². The van der Waals surface area contributed by atoms with E-state index in [-0.39, 0.29) is 12.2 Å². The average molecular weight is 272 g/mol. The second-order valence-electron chi connectivity index (χ2n) is 3.87. The number of hydrogen-bond donors (Lipinski definition) is 2. The van der Waals surface area contributed by atoms with Crippen LogP contribution < -0.4 is 5.32 Å². The molecule has 0 aromatic heterocycles. The summed E-state index contributed by atoms with van der Waals surface area (Å²) in [4.78, 5) is 23.4. The minimum Gasteiger partial charge on any atom is -0.480 e. The SMILES string of the molecule is CCCN(CC(=O)O)C(=O)Nc1cc(F)ccc1F. The number of halogens is 2. The lowest BCUT2D eigenvalue weighted by atomic mass is 10.3. The van der Waals surface area contributed by atoms with Crippen molar-refractivity contribution in [3.63, 3.8) is 0 Å². The van der Waals surface area contributed by atoms with Crippen LogP contribution in [0, 0.1) is 11.6 Å². The van der Waals surface area contributed by atoms with Gasteiger partial charge in [0, 0.05) is 12.6 Å². The molecule has 0 spiro atoms. The number of urea groups is 1. The number of carbonyl (C=O) groups excluding carboxylic acids is 1. The lowest BCUT2D eigenvalue weighted by Gasteiger charge is -2.20. The number of benzene rings is 1. The summed E-state index contributed by atoms with van der Waals surface area (Å²) in [6.07, 6.45) is 0.548. The van der Waals surface area contributed by atoms with E-state index in [4.69, 9.17) is 5.11 Å². The molecule has 0 unspecified atom stereocenters. The van der Waals surface area contributed by atoms with E-state index >= 15 is 0 Å². The van der Waals surface area contributed by atoms with Gasteiger partial charge in [-0.1, -0.05) is 6.92 Å². The van der Waals surface area contributed by atoms with Crippen molar-refractivity contribution in [2.45, 2.75) is 13.3 Å². The number of anilines is 1. The number of hydrogen-bond acceptors (Lipinski definition) is 2. The van der Waals surface area contributed by atoms with E-state index in [2.05, 4.69) is 5.32 Å². The van der Waals surface area contributed by atoms with Crippen LogP contribution in [0.2, 0.25) is 0 Å². The van der Waals surface area contributed by atoms with E-state index in [0.29, 0.717) is 6.42 Å². The summed E-state index contributed by atoms with van der Waals surface area (Å²) in [6, 6.07) is 1.85. The summed E-state index contributed by atoms with van der Waals surface area (Å²) in [5, 5.41) is 10.8. The van der Waals surface area contributed by atoms with E-state index in [0.717, 1.165) is 23.1 Å². The molecule has 0 heterocycles. The number of carboxylic acid groups (broad SMARTS) is 1. The Kier molecular flexibility index (Phi) is 5.23. The second-order valence-corrected chi connectivity index (χ2v) is 3.87. The highest BCUT2D eigenvalue weighted by Gasteiger charge is 2.17. The Bertz CT molecular complexity index is 480. The smallest absolute Gasteiger partial charge is 0.323 e. The summed E-state index contributed by atoms with van der Waals surface area (Å²) in [6.45, 7) is 1.47. The number of carbonyl (C=O) groups is 2. The van der Waals surface area contributed by atoms with Crippen molar-refractivity contribution in [2.24, 2.45) is 0 Å². The van der Waals surface area contributed by atoms with E-state index in [1.807, 2.05) is 0 Å². The second kappa shape index (κ2) is 6.67. The zero-order valence-corrected chi connectivity index (χ0v) is 10.3. The highest BCUT2D eigenvalue weighted by atomic mass is 19.1. The molecule has 2 amide bonds. The number of rotatable bonds is 5. The van der Waals surface area contributed by atoms with Gasteiger partial charge in [-0.15, -0.1) is 0 Å². The number of nitrogens with one attached hydrogen (secondary N) is 1. The van der Waals surface area contributed by atoms with Crippen molar-refractivity contribution in [3.8, 4) is 0 Å². The summed E-state index contributed by atoms with van der Waals surface area (Å²) in [7, 11) is 0. The standard InChI is InChI=1S/C12H14F2N2O3/c1-2-5-16(7-11(17)18)12(19)15-10-6-8(13)3-4-9(10)14/h3-4,6H,2,5,7H2,1H3,(H,15,19)(H,17,18). The van der Waals surface area contributed by atoms with Crippen molar-refractivity contribution in [3.05, 3.63) is 29.8 Å². The molecule has 0 radical (unpaired) electrons. The van der Waals surface area contributed by atoms with Crippen LogP contribution in [0.3, 0.4) is 0 Å². The number of nitrogens with zero attached hydrogens (tertiary/aromatic N) is 1. The van der Waals surface area contributed by atoms with Gasteiger partial charge in [-0.05, 0) is 18.6 Å². The van der Waals surface area contributed by atoms with E-state index in [1.165, 1.54) is 0 Å². The van der Waals surface area contributed by atoms with Crippen LogP contribution in [-0.2, 0) is 4.79 Å². The zero-order valence-electron chi connectivity index (χ0n) is 10.3. The summed E-state index contributed by atoms with van der Waals surface area (Å²) < 4.78 is 26.3. The molecule has 1 rings (SSSR count). The van der Waals surface area contributed by atoms with Crippen molar-refractivity contribution in [2.75, 3.05) is 18.4 Å². The Morgan fingerprint density at radius 3 is 2.63 bits per heavy atom. The third-order valence-electron chi connectivity index (χ3n) is 2.28. The molecule has 1 aromatic carbocycles. The Balaban J connectivity index is 2.80. The first-order chi connectivity index (χ1) is 8.93. The van der Waals surface area contributed by atoms with Crippen LogP contribution in [0.15, 0.2) is 18.2 Å². The zero-order chi connectivity index (χ0) is 14.4. The largest absolute Gasteiger partial charge is 0.480 e. The fourth-order valence-electron chi connectivity index (χ4n) is 1.47. The van der Waals surface area contributed by atoms with Gasteiger partial charge < -0.3 is 15.3 Å². The molecular formula is C12H14F2N2O3. The van der Waals surface area contributed by atoms with Gasteiger partial charge in [-0.25, -0.2) is 13.6 Å². The van der Waals surface area contributed by atoms with Crippen molar-refractivity contribution in [1.29, 1.82) is 0 Å². The Hall–Kier alpha value is -2.18. The van der Waals surface area contributed by atoms with Gasteiger partial charge in [0.15, 0.2) is 0 Å². The minimum atomic E-state index is -1.18. The molecule has 0 aliphatic carbocycles. The Labute approximate surface area is 108 Å². The topological polar surface area (TPSA) is 69.6 Å². The third kappa shape index (κ3) is 4.53. The van der Waals surface area contributed by atoms with Crippen molar-refractivity contribution < 1.29 is 23.5 Å². The fraction of sp³-hybridized carbons (Fsp3) is 0.333. The first kappa shape index (κ1) is 14.9. The average Bonchev–Trinajstić information content (AvgIpc) is 2.32. The molecule has 5 nitrogen and oxygen atoms in total. The Morgan fingerprint density at radius 1 is 1.37 bits per heavy atom. The van der Waals surface area contributed by atoms with Crippen LogP contribution in [0.5, 0.6) is 0 Å². The van der Waals surface area contributed by atoms with Gasteiger partial charge in [0.05, 0.1) is 5.69 Å². The van der Waals surface area contributed by atoms with Gasteiger partial charge in [0.25, 0.3) is 0 Å². The molecule has 0 bridgehead atoms.